The minimum absolute atomic E-state index is 0.105. The number of rotatable bonds is 7. The van der Waals surface area contributed by atoms with E-state index in [9.17, 15) is 4.79 Å². The molecule has 25 heavy (non-hydrogen) atoms. The lowest BCUT2D eigenvalue weighted by Crippen LogP contribution is -2.40. The van der Waals surface area contributed by atoms with Crippen LogP contribution >= 0.6 is 0 Å². The van der Waals surface area contributed by atoms with Gasteiger partial charge in [0.25, 0.3) is 0 Å². The fourth-order valence-electron chi connectivity index (χ4n) is 4.94. The first-order valence-corrected chi connectivity index (χ1v) is 9.53. The molecule has 3 rings (SSSR count). The third-order valence-electron chi connectivity index (χ3n) is 6.29. The van der Waals surface area contributed by atoms with Gasteiger partial charge in [0.15, 0.2) is 0 Å². The Morgan fingerprint density at radius 2 is 2.00 bits per heavy atom. The molecule has 2 bridgehead atoms. The fraction of sp³-hybridized carbons (Fsp3) is 0.667. The van der Waals surface area contributed by atoms with Gasteiger partial charge < -0.3 is 14.8 Å². The zero-order chi connectivity index (χ0) is 18.0. The summed E-state index contributed by atoms with van der Waals surface area (Å²) in [6, 6.07) is 6.08. The van der Waals surface area contributed by atoms with Crippen LogP contribution < -0.4 is 14.8 Å². The Labute approximate surface area is 151 Å². The Bertz CT molecular complexity index is 615. The van der Waals surface area contributed by atoms with Crippen LogP contribution in [0.4, 0.5) is 0 Å². The number of ether oxygens (including phenoxy) is 2. The molecular formula is C21H31NO3. The molecule has 0 heterocycles. The van der Waals surface area contributed by atoms with Crippen LogP contribution in [-0.2, 0) is 4.79 Å². The molecule has 2 aliphatic carbocycles. The zero-order valence-electron chi connectivity index (χ0n) is 15.9. The van der Waals surface area contributed by atoms with Gasteiger partial charge in [-0.25, -0.2) is 0 Å². The highest BCUT2D eigenvalue weighted by molar-refractivity contribution is 5.77. The highest BCUT2D eigenvalue weighted by Crippen LogP contribution is 2.49. The van der Waals surface area contributed by atoms with Crippen molar-refractivity contribution in [1.29, 1.82) is 0 Å². The summed E-state index contributed by atoms with van der Waals surface area (Å²) in [7, 11) is 3.30. The van der Waals surface area contributed by atoms with Gasteiger partial charge >= 0.3 is 0 Å². The predicted octanol–water partition coefficient (Wildman–Crippen LogP) is 4.14. The highest BCUT2D eigenvalue weighted by atomic mass is 16.5. The third-order valence-corrected chi connectivity index (χ3v) is 6.29. The molecule has 4 nitrogen and oxygen atoms in total. The van der Waals surface area contributed by atoms with Gasteiger partial charge in [0, 0.05) is 18.5 Å². The molecule has 0 spiro atoms. The van der Waals surface area contributed by atoms with E-state index in [2.05, 4.69) is 19.2 Å². The number of carbonyl (C=O) groups is 1. The second-order valence-corrected chi connectivity index (χ2v) is 7.91. The topological polar surface area (TPSA) is 47.6 Å². The average Bonchev–Trinajstić information content (AvgIpc) is 3.24. The quantitative estimate of drug-likeness (QED) is 0.808. The van der Waals surface area contributed by atoms with Crippen LogP contribution in [0, 0.1) is 17.8 Å². The molecule has 1 amide bonds. The monoisotopic (exact) mass is 345 g/mol. The number of carbonyl (C=O) groups excluding carboxylic acids is 1. The van der Waals surface area contributed by atoms with Crippen molar-refractivity contribution >= 4 is 5.91 Å². The Morgan fingerprint density at radius 3 is 2.60 bits per heavy atom. The van der Waals surface area contributed by atoms with Crippen LogP contribution in [0.25, 0.3) is 0 Å². The van der Waals surface area contributed by atoms with Gasteiger partial charge in [-0.3, -0.25) is 4.79 Å². The molecule has 2 fully saturated rings. The second kappa shape index (κ2) is 7.67. The van der Waals surface area contributed by atoms with Crippen molar-refractivity contribution in [2.75, 3.05) is 14.2 Å². The summed E-state index contributed by atoms with van der Waals surface area (Å²) >= 11 is 0. The van der Waals surface area contributed by atoms with Gasteiger partial charge in [-0.05, 0) is 61.5 Å². The lowest BCUT2D eigenvalue weighted by Gasteiger charge is -2.29. The predicted molar refractivity (Wildman–Crippen MR) is 99.1 cm³/mol. The van der Waals surface area contributed by atoms with E-state index >= 15 is 0 Å². The van der Waals surface area contributed by atoms with Crippen molar-refractivity contribution in [1.82, 2.24) is 5.32 Å². The summed E-state index contributed by atoms with van der Waals surface area (Å²) in [6.45, 7) is 4.26. The number of fused-ring (bicyclic) bond motifs is 2. The molecule has 4 heteroatoms. The lowest BCUT2D eigenvalue weighted by atomic mass is 9.84. The van der Waals surface area contributed by atoms with Crippen molar-refractivity contribution in [3.8, 4) is 11.5 Å². The van der Waals surface area contributed by atoms with Crippen LogP contribution in [0.3, 0.4) is 0 Å². The van der Waals surface area contributed by atoms with E-state index in [0.29, 0.717) is 12.3 Å². The Morgan fingerprint density at radius 1 is 1.20 bits per heavy atom. The molecule has 0 aromatic heterocycles. The van der Waals surface area contributed by atoms with E-state index < -0.39 is 0 Å². The zero-order valence-corrected chi connectivity index (χ0v) is 15.9. The smallest absolute Gasteiger partial charge is 0.220 e. The van der Waals surface area contributed by atoms with Crippen LogP contribution in [0.15, 0.2) is 18.2 Å². The van der Waals surface area contributed by atoms with E-state index in [0.717, 1.165) is 28.9 Å². The van der Waals surface area contributed by atoms with Crippen LogP contribution in [0.1, 0.15) is 57.4 Å². The largest absolute Gasteiger partial charge is 0.497 e. The molecule has 138 valence electrons. The third kappa shape index (κ3) is 3.94. The lowest BCUT2D eigenvalue weighted by molar-refractivity contribution is -0.122. The minimum atomic E-state index is 0.105. The van der Waals surface area contributed by atoms with E-state index in [4.69, 9.17) is 9.47 Å². The van der Waals surface area contributed by atoms with Crippen molar-refractivity contribution in [3.05, 3.63) is 23.8 Å². The molecular weight excluding hydrogens is 314 g/mol. The first-order chi connectivity index (χ1) is 12.0. The summed E-state index contributed by atoms with van der Waals surface area (Å²) in [5, 5.41) is 3.26. The highest BCUT2D eigenvalue weighted by Gasteiger charge is 2.42. The normalized spacial score (nSPS) is 27.0. The minimum Gasteiger partial charge on any atom is -0.497 e. The van der Waals surface area contributed by atoms with Crippen molar-refractivity contribution in [3.63, 3.8) is 0 Å². The first kappa shape index (κ1) is 18.1. The molecule has 1 aromatic rings. The van der Waals surface area contributed by atoms with Crippen molar-refractivity contribution < 1.29 is 14.3 Å². The number of methoxy groups -OCH3 is 2. The fourth-order valence-corrected chi connectivity index (χ4v) is 4.94. The maximum Gasteiger partial charge on any atom is 0.220 e. The molecule has 1 aromatic carbocycles. The Hall–Kier alpha value is -1.71. The summed E-state index contributed by atoms with van der Waals surface area (Å²) < 4.78 is 10.7. The van der Waals surface area contributed by atoms with Gasteiger partial charge in [-0.15, -0.1) is 0 Å². The summed E-state index contributed by atoms with van der Waals surface area (Å²) in [5.74, 6) is 4.21. The van der Waals surface area contributed by atoms with Gasteiger partial charge in [0.2, 0.25) is 5.91 Å². The second-order valence-electron chi connectivity index (χ2n) is 7.91. The van der Waals surface area contributed by atoms with Crippen molar-refractivity contribution in [2.45, 2.75) is 57.9 Å². The molecule has 5 unspecified atom stereocenters. The molecule has 1 N–H and O–H groups in total. The maximum atomic E-state index is 12.5. The summed E-state index contributed by atoms with van der Waals surface area (Å²) in [5.41, 5.74) is 1.05. The van der Waals surface area contributed by atoms with Gasteiger partial charge in [-0.1, -0.05) is 19.4 Å². The maximum absolute atomic E-state index is 12.5. The molecule has 0 aliphatic heterocycles. The first-order valence-electron chi connectivity index (χ1n) is 9.53. The number of amides is 1. The van der Waals surface area contributed by atoms with E-state index in [-0.39, 0.29) is 17.9 Å². The number of hydrogen-bond acceptors (Lipinski definition) is 3. The van der Waals surface area contributed by atoms with E-state index in [1.807, 2.05) is 18.2 Å². The SMILES string of the molecule is COc1ccc(C(C)CC(=O)NC(C)C2CC3CCC2C3)c(OC)c1. The van der Waals surface area contributed by atoms with Crippen LogP contribution in [-0.4, -0.2) is 26.2 Å². The molecule has 5 atom stereocenters. The molecule has 0 saturated heterocycles. The van der Waals surface area contributed by atoms with E-state index in [1.54, 1.807) is 14.2 Å². The van der Waals surface area contributed by atoms with E-state index in [1.165, 1.54) is 25.7 Å². The Kier molecular flexibility index (Phi) is 5.55. The summed E-state index contributed by atoms with van der Waals surface area (Å²) in [6.07, 6.45) is 5.91. The number of hydrogen-bond donors (Lipinski definition) is 1. The standard InChI is InChI=1S/C21H31NO3/c1-13(18-8-7-17(24-3)12-20(18)25-4)9-21(23)22-14(2)19-11-15-5-6-16(19)10-15/h7-8,12-16,19H,5-6,9-11H2,1-4H3,(H,22,23). The van der Waals surface area contributed by atoms with Crippen LogP contribution in [0.5, 0.6) is 11.5 Å². The number of nitrogens with one attached hydrogen (secondary N) is 1. The number of benzene rings is 1. The molecule has 2 aliphatic rings. The van der Waals surface area contributed by atoms with Gasteiger partial charge in [-0.2, -0.15) is 0 Å². The summed E-state index contributed by atoms with van der Waals surface area (Å²) in [4.78, 5) is 12.5. The van der Waals surface area contributed by atoms with Crippen LogP contribution in [0.2, 0.25) is 0 Å². The van der Waals surface area contributed by atoms with Gasteiger partial charge in [0.1, 0.15) is 11.5 Å². The Balaban J connectivity index is 1.57. The average molecular weight is 345 g/mol. The van der Waals surface area contributed by atoms with Gasteiger partial charge in [0.05, 0.1) is 14.2 Å². The van der Waals surface area contributed by atoms with Crippen molar-refractivity contribution in [2.24, 2.45) is 17.8 Å². The molecule has 0 radical (unpaired) electrons. The molecule has 2 saturated carbocycles.